The van der Waals surface area contributed by atoms with Gasteiger partial charge in [0.25, 0.3) is 8.53 Å². The van der Waals surface area contributed by atoms with Crippen LogP contribution in [0, 0.1) is 29.1 Å². The molecule has 2 saturated heterocycles. The zero-order valence-corrected chi connectivity index (χ0v) is 43.7. The number of nitriles is 1. The van der Waals surface area contributed by atoms with E-state index in [2.05, 4.69) is 15.7 Å². The predicted octanol–water partition coefficient (Wildman–Crippen LogP) is 8.39. The SMILES string of the molecule is COc1ccc(C(OCC2OC(N3CN4C(=NC3=O)N(C(=O)C(C)C)C(OC(=O)C(C)C)C4OC(=O)C(C)C)CC2OP(OCCC#N)N(C(C)C)C(C)C)(c2ccccc2)c2ccc(OC)cc2)cc1. The number of urea groups is 1. The van der Waals surface area contributed by atoms with Crippen molar-refractivity contribution in [3.63, 3.8) is 0 Å². The first-order valence-electron chi connectivity index (χ1n) is 24.2. The first kappa shape index (κ1) is 54.7. The third kappa shape index (κ3) is 12.2. The Morgan fingerprint density at radius 3 is 1.80 bits per heavy atom. The van der Waals surface area contributed by atoms with Gasteiger partial charge in [0.15, 0.2) is 0 Å². The predicted molar refractivity (Wildman–Crippen MR) is 264 cm³/mol. The quantitative estimate of drug-likeness (QED) is 0.0403. The van der Waals surface area contributed by atoms with Gasteiger partial charge >= 0.3 is 18.0 Å². The van der Waals surface area contributed by atoms with E-state index in [1.165, 1.54) is 9.80 Å². The van der Waals surface area contributed by atoms with E-state index in [9.17, 15) is 24.4 Å². The van der Waals surface area contributed by atoms with Crippen LogP contribution in [0.5, 0.6) is 11.5 Å². The third-order valence-electron chi connectivity index (χ3n) is 12.2. The number of carbonyl (C=O) groups excluding carboxylic acids is 4. The zero-order chi connectivity index (χ0) is 51.7. The van der Waals surface area contributed by atoms with Gasteiger partial charge in [0.05, 0.1) is 57.9 Å². The summed E-state index contributed by atoms with van der Waals surface area (Å²) >= 11 is 0. The molecule has 6 rings (SSSR count). The number of guanidine groups is 1. The van der Waals surface area contributed by atoms with Gasteiger partial charge in [-0.1, -0.05) is 96.1 Å². The summed E-state index contributed by atoms with van der Waals surface area (Å²) in [5, 5.41) is 9.52. The standard InChI is InChI=1S/C52H69N6O12P/c1-32(2)45(59)57-47(69-49(61)34(5)6)46(68-48(60)33(3)4)56-31-55(51(62)54-50(56)57)44-29-42(70-71(66-28-16-27-53)58(35(7)8)36(9)10)43(67-44)30-65-52(37-17-14-13-15-18-37,38-19-23-40(63-11)24-20-38)39-21-25-41(64-12)26-22-39/h13-15,17-26,32-36,42-44,46-47H,16,28-31H2,1-12H3. The van der Waals surface area contributed by atoms with Crippen molar-refractivity contribution in [1.82, 2.24) is 19.4 Å². The highest BCUT2D eigenvalue weighted by Crippen LogP contribution is 2.50. The Balaban J connectivity index is 1.45. The number of methoxy groups -OCH3 is 2. The molecule has 6 atom stereocenters. The summed E-state index contributed by atoms with van der Waals surface area (Å²) in [6.07, 6.45) is -5.25. The normalized spacial score (nSPS) is 20.7. The number of esters is 2. The molecule has 0 saturated carbocycles. The largest absolute Gasteiger partial charge is 0.497 e. The molecule has 0 aromatic heterocycles. The average Bonchev–Trinajstić information content (AvgIpc) is 3.87. The van der Waals surface area contributed by atoms with Crippen molar-refractivity contribution >= 4 is 38.4 Å². The molecule has 3 amide bonds. The number of nitrogens with zero attached hydrogens (tertiary/aromatic N) is 6. The summed E-state index contributed by atoms with van der Waals surface area (Å²) < 4.78 is 53.0. The van der Waals surface area contributed by atoms with Gasteiger partial charge in [-0.05, 0) is 68.7 Å². The van der Waals surface area contributed by atoms with E-state index in [0.29, 0.717) is 11.5 Å². The highest BCUT2D eigenvalue weighted by Gasteiger charge is 2.57. The number of hydrogen-bond donors (Lipinski definition) is 0. The van der Waals surface area contributed by atoms with E-state index in [-0.39, 0.29) is 50.8 Å². The number of carbonyl (C=O) groups is 4. The smallest absolute Gasteiger partial charge is 0.350 e. The minimum absolute atomic E-state index is 0.0294. The maximum Gasteiger partial charge on any atom is 0.350 e. The Kier molecular flexibility index (Phi) is 18.6. The molecule has 18 nitrogen and oxygen atoms in total. The maximum absolute atomic E-state index is 14.5. The molecular weight excluding hydrogens is 932 g/mol. The molecule has 3 aliphatic heterocycles. The summed E-state index contributed by atoms with van der Waals surface area (Å²) in [4.78, 5) is 63.6. The number of hydrogen-bond acceptors (Lipinski definition) is 15. The summed E-state index contributed by atoms with van der Waals surface area (Å²) in [6.45, 7) is 17.9. The maximum atomic E-state index is 14.5. The minimum Gasteiger partial charge on any atom is -0.497 e. The Hall–Kier alpha value is -5.67. The van der Waals surface area contributed by atoms with E-state index in [1.54, 1.807) is 55.8 Å². The second-order valence-electron chi connectivity index (χ2n) is 19.0. The number of aliphatic imine (C=N–C) groups is 1. The molecule has 384 valence electrons. The summed E-state index contributed by atoms with van der Waals surface area (Å²) in [7, 11) is 1.38. The lowest BCUT2D eigenvalue weighted by molar-refractivity contribution is -0.191. The second kappa shape index (κ2) is 24.2. The Labute approximate surface area is 419 Å². The average molecular weight is 1000 g/mol. The number of fused-ring (bicyclic) bond motifs is 1. The van der Waals surface area contributed by atoms with Gasteiger partial charge in [-0.2, -0.15) is 10.3 Å². The fourth-order valence-electron chi connectivity index (χ4n) is 8.59. The van der Waals surface area contributed by atoms with Gasteiger partial charge in [0.2, 0.25) is 24.3 Å². The minimum atomic E-state index is -1.83. The number of ether oxygens (including phenoxy) is 6. The molecule has 6 unspecified atom stereocenters. The first-order valence-corrected chi connectivity index (χ1v) is 25.3. The van der Waals surface area contributed by atoms with Crippen molar-refractivity contribution in [2.75, 3.05) is 34.1 Å². The van der Waals surface area contributed by atoms with Crippen LogP contribution in [-0.2, 0) is 48.0 Å². The first-order chi connectivity index (χ1) is 33.9. The summed E-state index contributed by atoms with van der Waals surface area (Å²) in [5.41, 5.74) is 1.13. The number of amides is 3. The zero-order valence-electron chi connectivity index (χ0n) is 42.8. The van der Waals surface area contributed by atoms with E-state index in [0.717, 1.165) is 21.6 Å². The van der Waals surface area contributed by atoms with Crippen LogP contribution in [0.15, 0.2) is 83.9 Å². The molecule has 2 fully saturated rings. The fourth-order valence-corrected chi connectivity index (χ4v) is 10.3. The van der Waals surface area contributed by atoms with Crippen molar-refractivity contribution in [3.8, 4) is 17.6 Å². The molecule has 3 aromatic rings. The topological polar surface area (TPSA) is 191 Å². The van der Waals surface area contributed by atoms with Crippen LogP contribution in [0.3, 0.4) is 0 Å². The fraction of sp³-hybridized carbons (Fsp3) is 0.538. The van der Waals surface area contributed by atoms with Gasteiger partial charge in [0.1, 0.15) is 36.1 Å². The van der Waals surface area contributed by atoms with Crippen molar-refractivity contribution in [2.45, 2.75) is 131 Å². The molecule has 0 N–H and O–H groups in total. The molecule has 0 radical (unpaired) electrons. The van der Waals surface area contributed by atoms with Crippen LogP contribution in [0.2, 0.25) is 0 Å². The molecule has 0 bridgehead atoms. The van der Waals surface area contributed by atoms with Crippen LogP contribution in [0.1, 0.15) is 98.8 Å². The highest BCUT2D eigenvalue weighted by molar-refractivity contribution is 7.44. The Morgan fingerprint density at radius 2 is 1.31 bits per heavy atom. The van der Waals surface area contributed by atoms with Crippen molar-refractivity contribution in [3.05, 3.63) is 95.6 Å². The molecule has 19 heteroatoms. The Morgan fingerprint density at radius 1 is 0.775 bits per heavy atom. The van der Waals surface area contributed by atoms with Gasteiger partial charge in [-0.25, -0.2) is 14.4 Å². The lowest BCUT2D eigenvalue weighted by Crippen LogP contribution is -2.55. The highest BCUT2D eigenvalue weighted by atomic mass is 31.2. The number of benzene rings is 3. The molecule has 0 aliphatic carbocycles. The van der Waals surface area contributed by atoms with Gasteiger partial charge < -0.3 is 37.5 Å². The number of rotatable bonds is 22. The van der Waals surface area contributed by atoms with Crippen LogP contribution >= 0.6 is 8.53 Å². The molecule has 3 aliphatic rings. The molecule has 0 spiro atoms. The summed E-state index contributed by atoms with van der Waals surface area (Å²) in [6, 6.07) is 26.4. The van der Waals surface area contributed by atoms with Crippen LogP contribution in [0.25, 0.3) is 0 Å². The van der Waals surface area contributed by atoms with Crippen molar-refractivity contribution < 1.29 is 56.6 Å². The lowest BCUT2D eigenvalue weighted by Gasteiger charge is -2.39. The second-order valence-corrected chi connectivity index (χ2v) is 20.4. The molecule has 71 heavy (non-hydrogen) atoms. The van der Waals surface area contributed by atoms with Crippen molar-refractivity contribution in [2.24, 2.45) is 22.7 Å². The van der Waals surface area contributed by atoms with Crippen molar-refractivity contribution in [1.29, 1.82) is 5.26 Å². The molecular formula is C52H69N6O12P. The van der Waals surface area contributed by atoms with Crippen LogP contribution in [-0.4, -0.2) is 126 Å². The van der Waals surface area contributed by atoms with Gasteiger partial charge in [0, 0.05) is 24.4 Å². The molecule has 3 heterocycles. The monoisotopic (exact) mass is 1000 g/mol. The van der Waals surface area contributed by atoms with E-state index < -0.39 is 86.6 Å². The van der Waals surface area contributed by atoms with Gasteiger partial charge in [-0.15, -0.1) is 0 Å². The van der Waals surface area contributed by atoms with E-state index in [1.807, 2.05) is 107 Å². The van der Waals surface area contributed by atoms with Crippen LogP contribution in [0.4, 0.5) is 4.79 Å². The summed E-state index contributed by atoms with van der Waals surface area (Å²) in [5.74, 6) is -2.38. The van der Waals surface area contributed by atoms with E-state index >= 15 is 0 Å². The lowest BCUT2D eigenvalue weighted by atomic mass is 9.80. The van der Waals surface area contributed by atoms with E-state index in [4.69, 9.17) is 37.5 Å². The van der Waals surface area contributed by atoms with Gasteiger partial charge in [-0.3, -0.25) is 24.2 Å². The molecule has 3 aromatic carbocycles. The Bertz CT molecular complexity index is 2300. The van der Waals surface area contributed by atoms with Crippen LogP contribution < -0.4 is 9.47 Å². The third-order valence-corrected chi connectivity index (χ3v) is 14.4.